The predicted molar refractivity (Wildman–Crippen MR) is 73.9 cm³/mol. The summed E-state index contributed by atoms with van der Waals surface area (Å²) < 4.78 is 0. The van der Waals surface area contributed by atoms with Gasteiger partial charge in [-0.3, -0.25) is 14.8 Å². The van der Waals surface area contributed by atoms with Crippen LogP contribution < -0.4 is 5.73 Å². The van der Waals surface area contributed by atoms with E-state index in [1.54, 1.807) is 24.5 Å². The molecule has 1 aliphatic carbocycles. The van der Waals surface area contributed by atoms with Crippen LogP contribution in [0, 0.1) is 0 Å². The zero-order valence-electron chi connectivity index (χ0n) is 10.9. The molecular formula is C15H15N3O2. The Morgan fingerprint density at radius 3 is 2.80 bits per heavy atom. The van der Waals surface area contributed by atoms with Crippen LogP contribution in [0.1, 0.15) is 28.9 Å². The third-order valence-electron chi connectivity index (χ3n) is 3.52. The van der Waals surface area contributed by atoms with Crippen LogP contribution in [0.2, 0.25) is 0 Å². The zero-order valence-corrected chi connectivity index (χ0v) is 10.9. The third kappa shape index (κ3) is 2.53. The number of hydrogen-bond donors (Lipinski definition) is 2. The fourth-order valence-electron chi connectivity index (χ4n) is 2.23. The first-order valence-corrected chi connectivity index (χ1v) is 6.50. The van der Waals surface area contributed by atoms with E-state index in [-0.39, 0.29) is 5.69 Å². The average molecular weight is 269 g/mol. The molecule has 1 amide bonds. The van der Waals surface area contributed by atoms with Gasteiger partial charge in [0.2, 0.25) is 0 Å². The summed E-state index contributed by atoms with van der Waals surface area (Å²) in [6.07, 6.45) is 5.46. The number of amides is 1. The lowest BCUT2D eigenvalue weighted by atomic mass is 10.00. The first kappa shape index (κ1) is 12.7. The minimum atomic E-state index is -0.586. The van der Waals surface area contributed by atoms with Gasteiger partial charge in [0.1, 0.15) is 5.69 Å². The molecule has 1 fully saturated rings. The SMILES string of the molecule is NC(=O)c1cc(-c2ncccc2CC2(O)CC2)ccn1. The van der Waals surface area contributed by atoms with Crippen molar-refractivity contribution in [2.75, 3.05) is 0 Å². The molecule has 3 rings (SSSR count). The van der Waals surface area contributed by atoms with Crippen molar-refractivity contribution in [3.63, 3.8) is 0 Å². The molecule has 0 bridgehead atoms. The number of nitrogens with zero attached hydrogens (tertiary/aromatic N) is 2. The number of aromatic nitrogens is 2. The quantitative estimate of drug-likeness (QED) is 0.875. The van der Waals surface area contributed by atoms with Crippen LogP contribution in [0.4, 0.5) is 0 Å². The first-order valence-electron chi connectivity index (χ1n) is 6.50. The monoisotopic (exact) mass is 269 g/mol. The number of primary amides is 1. The molecule has 20 heavy (non-hydrogen) atoms. The Bertz CT molecular complexity index is 666. The van der Waals surface area contributed by atoms with Crippen LogP contribution in [0.3, 0.4) is 0 Å². The van der Waals surface area contributed by atoms with Gasteiger partial charge >= 0.3 is 0 Å². The van der Waals surface area contributed by atoms with Crippen molar-refractivity contribution in [3.05, 3.63) is 47.9 Å². The van der Waals surface area contributed by atoms with E-state index in [9.17, 15) is 9.90 Å². The largest absolute Gasteiger partial charge is 0.390 e. The fraction of sp³-hybridized carbons (Fsp3) is 0.267. The summed E-state index contributed by atoms with van der Waals surface area (Å²) in [5.74, 6) is -0.565. The van der Waals surface area contributed by atoms with E-state index in [1.807, 2.05) is 12.1 Å². The zero-order chi connectivity index (χ0) is 14.2. The van der Waals surface area contributed by atoms with Gasteiger partial charge in [0, 0.05) is 24.4 Å². The second-order valence-corrected chi connectivity index (χ2v) is 5.21. The van der Waals surface area contributed by atoms with Crippen molar-refractivity contribution in [1.29, 1.82) is 0 Å². The Hall–Kier alpha value is -2.27. The second-order valence-electron chi connectivity index (χ2n) is 5.21. The van der Waals surface area contributed by atoms with Gasteiger partial charge in [-0.15, -0.1) is 0 Å². The smallest absolute Gasteiger partial charge is 0.267 e. The van der Waals surface area contributed by atoms with Crippen molar-refractivity contribution >= 4 is 5.91 Å². The van der Waals surface area contributed by atoms with Crippen LogP contribution in [-0.2, 0) is 6.42 Å². The summed E-state index contributed by atoms with van der Waals surface area (Å²) in [6.45, 7) is 0. The van der Waals surface area contributed by atoms with Crippen molar-refractivity contribution in [3.8, 4) is 11.3 Å². The number of carbonyl (C=O) groups excluding carboxylic acids is 1. The molecule has 1 aliphatic rings. The Morgan fingerprint density at radius 2 is 2.10 bits per heavy atom. The molecule has 0 spiro atoms. The van der Waals surface area contributed by atoms with Crippen molar-refractivity contribution in [2.45, 2.75) is 24.9 Å². The highest BCUT2D eigenvalue weighted by atomic mass is 16.3. The van der Waals surface area contributed by atoms with Crippen LogP contribution in [-0.4, -0.2) is 26.6 Å². The Kier molecular flexibility index (Phi) is 2.99. The summed E-state index contributed by atoms with van der Waals surface area (Å²) >= 11 is 0. The maximum atomic E-state index is 11.2. The predicted octanol–water partition coefficient (Wildman–Crippen LogP) is 1.31. The van der Waals surface area contributed by atoms with E-state index in [4.69, 9.17) is 5.73 Å². The third-order valence-corrected chi connectivity index (χ3v) is 3.52. The molecular weight excluding hydrogens is 254 g/mol. The van der Waals surface area contributed by atoms with E-state index in [2.05, 4.69) is 9.97 Å². The van der Waals surface area contributed by atoms with E-state index >= 15 is 0 Å². The number of carbonyl (C=O) groups is 1. The second kappa shape index (κ2) is 4.68. The summed E-state index contributed by atoms with van der Waals surface area (Å²) in [6, 6.07) is 7.21. The molecule has 2 aromatic rings. The molecule has 0 atom stereocenters. The van der Waals surface area contributed by atoms with Crippen LogP contribution in [0.5, 0.6) is 0 Å². The molecule has 0 radical (unpaired) electrons. The molecule has 0 aliphatic heterocycles. The van der Waals surface area contributed by atoms with E-state index < -0.39 is 11.5 Å². The molecule has 3 N–H and O–H groups in total. The highest BCUT2D eigenvalue weighted by Crippen LogP contribution is 2.39. The van der Waals surface area contributed by atoms with Gasteiger partial charge in [-0.25, -0.2) is 0 Å². The lowest BCUT2D eigenvalue weighted by molar-refractivity contribution is 0.0995. The topological polar surface area (TPSA) is 89.1 Å². The number of rotatable bonds is 4. The minimum Gasteiger partial charge on any atom is -0.390 e. The maximum absolute atomic E-state index is 11.2. The molecule has 2 heterocycles. The Morgan fingerprint density at radius 1 is 1.30 bits per heavy atom. The molecule has 0 saturated heterocycles. The highest BCUT2D eigenvalue weighted by molar-refractivity contribution is 5.92. The summed E-state index contributed by atoms with van der Waals surface area (Å²) in [4.78, 5) is 19.5. The van der Waals surface area contributed by atoms with Gasteiger partial charge in [0.05, 0.1) is 11.3 Å². The summed E-state index contributed by atoms with van der Waals surface area (Å²) in [5, 5.41) is 10.1. The maximum Gasteiger partial charge on any atom is 0.267 e. The van der Waals surface area contributed by atoms with Crippen molar-refractivity contribution < 1.29 is 9.90 Å². The summed E-state index contributed by atoms with van der Waals surface area (Å²) in [7, 11) is 0. The van der Waals surface area contributed by atoms with Gasteiger partial charge < -0.3 is 10.8 Å². The molecule has 5 nitrogen and oxygen atoms in total. The highest BCUT2D eigenvalue weighted by Gasteiger charge is 2.40. The minimum absolute atomic E-state index is 0.212. The van der Waals surface area contributed by atoms with Gasteiger partial charge in [-0.05, 0) is 36.6 Å². The molecule has 1 saturated carbocycles. The summed E-state index contributed by atoms with van der Waals surface area (Å²) in [5.41, 5.74) is 7.39. The molecule has 5 heteroatoms. The van der Waals surface area contributed by atoms with Crippen LogP contribution in [0.25, 0.3) is 11.3 Å². The van der Waals surface area contributed by atoms with Gasteiger partial charge in [-0.1, -0.05) is 6.07 Å². The van der Waals surface area contributed by atoms with Gasteiger partial charge in [0.15, 0.2) is 0 Å². The van der Waals surface area contributed by atoms with Crippen molar-refractivity contribution in [2.24, 2.45) is 5.73 Å². The Labute approximate surface area is 116 Å². The van der Waals surface area contributed by atoms with Crippen molar-refractivity contribution in [1.82, 2.24) is 9.97 Å². The van der Waals surface area contributed by atoms with Crippen LogP contribution in [0.15, 0.2) is 36.7 Å². The Balaban J connectivity index is 2.01. The van der Waals surface area contributed by atoms with E-state index in [0.29, 0.717) is 6.42 Å². The molecule has 102 valence electrons. The standard InChI is InChI=1S/C15H15N3O2/c16-14(19)12-8-10(3-7-17-12)13-11(2-1-6-18-13)9-15(20)4-5-15/h1-3,6-8,20H,4-5,9H2,(H2,16,19). The lowest BCUT2D eigenvalue weighted by Crippen LogP contribution is -2.14. The molecule has 2 aromatic heterocycles. The number of aliphatic hydroxyl groups is 1. The van der Waals surface area contributed by atoms with E-state index in [0.717, 1.165) is 29.7 Å². The number of hydrogen-bond acceptors (Lipinski definition) is 4. The first-order chi connectivity index (χ1) is 9.57. The number of pyridine rings is 2. The van der Waals surface area contributed by atoms with Crippen LogP contribution >= 0.6 is 0 Å². The lowest BCUT2D eigenvalue weighted by Gasteiger charge is -2.12. The normalized spacial score (nSPS) is 15.8. The van der Waals surface area contributed by atoms with E-state index in [1.165, 1.54) is 0 Å². The molecule has 0 unspecified atom stereocenters. The average Bonchev–Trinajstić information content (AvgIpc) is 3.17. The van der Waals surface area contributed by atoms with Gasteiger partial charge in [-0.2, -0.15) is 0 Å². The number of nitrogens with two attached hydrogens (primary N) is 1. The van der Waals surface area contributed by atoms with Gasteiger partial charge in [0.25, 0.3) is 5.91 Å². The molecule has 0 aromatic carbocycles. The fourth-order valence-corrected chi connectivity index (χ4v) is 2.23.